The summed E-state index contributed by atoms with van der Waals surface area (Å²) >= 11 is 0. The van der Waals surface area contributed by atoms with Crippen LogP contribution in [0.4, 0.5) is 0 Å². The number of amides is 2. The Hall–Kier alpha value is -1.59. The van der Waals surface area contributed by atoms with Crippen molar-refractivity contribution in [2.24, 2.45) is 11.8 Å². The molecule has 22 heavy (non-hydrogen) atoms. The second-order valence-corrected chi connectivity index (χ2v) is 6.68. The van der Waals surface area contributed by atoms with Crippen molar-refractivity contribution < 1.29 is 19.5 Å². The molecule has 2 atom stereocenters. The highest BCUT2D eigenvalue weighted by Gasteiger charge is 2.25. The first kappa shape index (κ1) is 18.5. The van der Waals surface area contributed by atoms with E-state index in [9.17, 15) is 14.4 Å². The van der Waals surface area contributed by atoms with Gasteiger partial charge in [0.2, 0.25) is 11.8 Å². The Morgan fingerprint density at radius 3 is 2.18 bits per heavy atom. The Bertz CT molecular complexity index is 403. The van der Waals surface area contributed by atoms with Gasteiger partial charge in [-0.05, 0) is 32.1 Å². The lowest BCUT2D eigenvalue weighted by Crippen LogP contribution is -2.45. The summed E-state index contributed by atoms with van der Waals surface area (Å²) in [4.78, 5) is 35.0. The van der Waals surface area contributed by atoms with E-state index in [1.54, 1.807) is 6.92 Å². The minimum atomic E-state index is -1.02. The van der Waals surface area contributed by atoms with Gasteiger partial charge in [0, 0.05) is 18.4 Å². The minimum Gasteiger partial charge on any atom is -0.480 e. The van der Waals surface area contributed by atoms with Crippen molar-refractivity contribution in [1.29, 1.82) is 0 Å². The fourth-order valence-corrected chi connectivity index (χ4v) is 2.82. The number of carbonyl (C=O) groups is 3. The van der Waals surface area contributed by atoms with Crippen LogP contribution in [0.5, 0.6) is 0 Å². The number of nitrogens with one attached hydrogen (secondary N) is 2. The van der Waals surface area contributed by atoms with Crippen molar-refractivity contribution in [2.75, 3.05) is 0 Å². The second kappa shape index (κ2) is 8.76. The van der Waals surface area contributed by atoms with Gasteiger partial charge in [-0.15, -0.1) is 0 Å². The van der Waals surface area contributed by atoms with Crippen molar-refractivity contribution in [2.45, 2.75) is 71.4 Å². The molecule has 2 amide bonds. The molecule has 1 rings (SSSR count). The van der Waals surface area contributed by atoms with Gasteiger partial charge in [-0.25, -0.2) is 4.79 Å². The number of aliphatic carboxylic acids is 1. The zero-order valence-electron chi connectivity index (χ0n) is 13.7. The van der Waals surface area contributed by atoms with Crippen LogP contribution in [-0.4, -0.2) is 35.0 Å². The van der Waals surface area contributed by atoms with Gasteiger partial charge >= 0.3 is 5.97 Å². The summed E-state index contributed by atoms with van der Waals surface area (Å²) in [5.41, 5.74) is 0. The summed E-state index contributed by atoms with van der Waals surface area (Å²) in [7, 11) is 0. The van der Waals surface area contributed by atoms with E-state index in [-0.39, 0.29) is 36.1 Å². The first-order chi connectivity index (χ1) is 10.3. The maximum absolute atomic E-state index is 12.0. The molecule has 1 saturated carbocycles. The fourth-order valence-electron chi connectivity index (χ4n) is 2.82. The van der Waals surface area contributed by atoms with Crippen LogP contribution < -0.4 is 10.6 Å². The number of carboxylic acid groups (broad SMARTS) is 1. The molecule has 0 aliphatic heterocycles. The summed E-state index contributed by atoms with van der Waals surface area (Å²) < 4.78 is 0. The van der Waals surface area contributed by atoms with Gasteiger partial charge in [-0.2, -0.15) is 0 Å². The van der Waals surface area contributed by atoms with Crippen LogP contribution in [0.15, 0.2) is 0 Å². The molecular weight excluding hydrogens is 284 g/mol. The van der Waals surface area contributed by atoms with Crippen LogP contribution in [0.1, 0.15) is 59.3 Å². The number of carboxylic acids is 1. The summed E-state index contributed by atoms with van der Waals surface area (Å²) in [6.45, 7) is 5.59. The molecule has 1 aliphatic carbocycles. The smallest absolute Gasteiger partial charge is 0.326 e. The molecule has 0 aromatic rings. The van der Waals surface area contributed by atoms with Crippen molar-refractivity contribution in [3.8, 4) is 0 Å². The molecule has 1 aliphatic rings. The molecule has 6 nitrogen and oxygen atoms in total. The SMILES string of the molecule is CC(C)C[C@H](NC(=O)C[C@@H](C)NC(=O)C1CCCC1)C(=O)O. The molecule has 0 aromatic heterocycles. The predicted molar refractivity (Wildman–Crippen MR) is 83.2 cm³/mol. The van der Waals surface area contributed by atoms with Crippen LogP contribution in [0.3, 0.4) is 0 Å². The summed E-state index contributed by atoms with van der Waals surface area (Å²) in [5.74, 6) is -1.11. The first-order valence-electron chi connectivity index (χ1n) is 8.12. The Kier molecular flexibility index (Phi) is 7.35. The zero-order chi connectivity index (χ0) is 16.7. The molecule has 0 bridgehead atoms. The van der Waals surface area contributed by atoms with E-state index in [0.717, 1.165) is 25.7 Å². The van der Waals surface area contributed by atoms with Crippen molar-refractivity contribution in [1.82, 2.24) is 10.6 Å². The Balaban J connectivity index is 2.38. The minimum absolute atomic E-state index is 0.00904. The van der Waals surface area contributed by atoms with E-state index in [2.05, 4.69) is 10.6 Å². The highest BCUT2D eigenvalue weighted by atomic mass is 16.4. The van der Waals surface area contributed by atoms with Gasteiger partial charge in [0.15, 0.2) is 0 Å². The summed E-state index contributed by atoms with van der Waals surface area (Å²) in [5, 5.41) is 14.5. The van der Waals surface area contributed by atoms with Crippen molar-refractivity contribution in [3.05, 3.63) is 0 Å². The molecular formula is C16H28N2O4. The lowest BCUT2D eigenvalue weighted by atomic mass is 10.0. The molecule has 0 spiro atoms. The summed E-state index contributed by atoms with van der Waals surface area (Å²) in [6, 6.07) is -1.16. The Labute approximate surface area is 132 Å². The lowest BCUT2D eigenvalue weighted by Gasteiger charge is -2.19. The third-order valence-electron chi connectivity index (χ3n) is 3.95. The van der Waals surface area contributed by atoms with Gasteiger partial charge < -0.3 is 15.7 Å². The molecule has 0 aromatic carbocycles. The molecule has 0 radical (unpaired) electrons. The average molecular weight is 312 g/mol. The monoisotopic (exact) mass is 312 g/mol. The maximum Gasteiger partial charge on any atom is 0.326 e. The molecule has 1 fully saturated rings. The zero-order valence-corrected chi connectivity index (χ0v) is 13.7. The molecule has 0 unspecified atom stereocenters. The van der Waals surface area contributed by atoms with Crippen molar-refractivity contribution >= 4 is 17.8 Å². The van der Waals surface area contributed by atoms with Gasteiger partial charge in [0.1, 0.15) is 6.04 Å². The summed E-state index contributed by atoms with van der Waals surface area (Å²) in [6.07, 6.45) is 4.50. The van der Waals surface area contributed by atoms with E-state index in [4.69, 9.17) is 5.11 Å². The third kappa shape index (κ3) is 6.45. The Morgan fingerprint density at radius 2 is 1.68 bits per heavy atom. The number of rotatable bonds is 8. The van der Waals surface area contributed by atoms with E-state index < -0.39 is 12.0 Å². The van der Waals surface area contributed by atoms with Crippen LogP contribution in [0, 0.1) is 11.8 Å². The standard InChI is InChI=1S/C16H28N2O4/c1-10(2)8-13(16(21)22)18-14(19)9-11(3)17-15(20)12-6-4-5-7-12/h10-13H,4-9H2,1-3H3,(H,17,20)(H,18,19)(H,21,22)/t11-,13+/m1/s1. The highest BCUT2D eigenvalue weighted by Crippen LogP contribution is 2.24. The maximum atomic E-state index is 12.0. The van der Waals surface area contributed by atoms with E-state index in [0.29, 0.717) is 6.42 Å². The van der Waals surface area contributed by atoms with Crippen molar-refractivity contribution in [3.63, 3.8) is 0 Å². The number of carbonyl (C=O) groups excluding carboxylic acids is 2. The number of hydrogen-bond acceptors (Lipinski definition) is 3. The van der Waals surface area contributed by atoms with Gasteiger partial charge in [0.25, 0.3) is 0 Å². The van der Waals surface area contributed by atoms with E-state index in [1.165, 1.54) is 0 Å². The van der Waals surface area contributed by atoms with Gasteiger partial charge in [-0.3, -0.25) is 9.59 Å². The first-order valence-corrected chi connectivity index (χ1v) is 8.12. The molecule has 126 valence electrons. The molecule has 6 heteroatoms. The van der Waals surface area contributed by atoms with E-state index >= 15 is 0 Å². The quantitative estimate of drug-likeness (QED) is 0.635. The topological polar surface area (TPSA) is 95.5 Å². The lowest BCUT2D eigenvalue weighted by molar-refractivity contribution is -0.142. The van der Waals surface area contributed by atoms with Crippen LogP contribution in [0.2, 0.25) is 0 Å². The second-order valence-electron chi connectivity index (χ2n) is 6.68. The molecule has 0 saturated heterocycles. The fraction of sp³-hybridized carbons (Fsp3) is 0.812. The third-order valence-corrected chi connectivity index (χ3v) is 3.95. The molecule has 3 N–H and O–H groups in total. The predicted octanol–water partition coefficient (Wildman–Crippen LogP) is 1.69. The largest absolute Gasteiger partial charge is 0.480 e. The van der Waals surface area contributed by atoms with Crippen LogP contribution in [-0.2, 0) is 14.4 Å². The van der Waals surface area contributed by atoms with Gasteiger partial charge in [-0.1, -0.05) is 26.7 Å². The average Bonchev–Trinajstić information content (AvgIpc) is 2.90. The normalized spacial score (nSPS) is 18.0. The highest BCUT2D eigenvalue weighted by molar-refractivity contribution is 5.84. The van der Waals surface area contributed by atoms with Gasteiger partial charge in [0.05, 0.1) is 0 Å². The Morgan fingerprint density at radius 1 is 1.09 bits per heavy atom. The van der Waals surface area contributed by atoms with E-state index in [1.807, 2.05) is 13.8 Å². The number of hydrogen-bond donors (Lipinski definition) is 3. The van der Waals surface area contributed by atoms with Crippen LogP contribution >= 0.6 is 0 Å². The van der Waals surface area contributed by atoms with Crippen LogP contribution in [0.25, 0.3) is 0 Å². The molecule has 0 heterocycles.